The average Bonchev–Trinajstić information content (AvgIpc) is 3.10. The Balaban J connectivity index is 1.74. The van der Waals surface area contributed by atoms with Crippen molar-refractivity contribution in [2.75, 3.05) is 7.11 Å². The Morgan fingerprint density at radius 3 is 2.63 bits per heavy atom. The number of carbonyl (C=O) groups is 1. The monoisotopic (exact) mass is 358 g/mol. The molecule has 0 aliphatic heterocycles. The minimum absolute atomic E-state index is 0.257. The fourth-order valence-corrected chi connectivity index (χ4v) is 3.23. The molecular weight excluding hydrogens is 340 g/mol. The van der Waals surface area contributed by atoms with Gasteiger partial charge in [-0.1, -0.05) is 42.5 Å². The number of carboxylic acid groups (broad SMARTS) is 1. The maximum atomic E-state index is 11.3. The molecule has 0 atom stereocenters. The second-order valence-corrected chi connectivity index (χ2v) is 6.35. The summed E-state index contributed by atoms with van der Waals surface area (Å²) in [7, 11) is 1.65. The van der Waals surface area contributed by atoms with Crippen LogP contribution >= 0.6 is 0 Å². The van der Waals surface area contributed by atoms with Crippen LogP contribution in [0.3, 0.4) is 0 Å². The molecule has 1 N–H and O–H groups in total. The number of aromatic carboxylic acids is 1. The normalized spacial score (nSPS) is 10.9. The smallest absolute Gasteiger partial charge is 0.335 e. The molecule has 4 rings (SSSR count). The van der Waals surface area contributed by atoms with E-state index in [9.17, 15) is 9.90 Å². The predicted molar refractivity (Wildman–Crippen MR) is 104 cm³/mol. The van der Waals surface area contributed by atoms with Crippen molar-refractivity contribution in [2.45, 2.75) is 6.42 Å². The third-order valence-electron chi connectivity index (χ3n) is 4.53. The second kappa shape index (κ2) is 7.00. The van der Waals surface area contributed by atoms with Gasteiger partial charge in [0, 0.05) is 17.4 Å². The van der Waals surface area contributed by atoms with E-state index in [1.54, 1.807) is 25.3 Å². The molecule has 1 heterocycles. The highest BCUT2D eigenvalue weighted by Gasteiger charge is 2.12. The van der Waals surface area contributed by atoms with Crippen molar-refractivity contribution in [3.63, 3.8) is 0 Å². The lowest BCUT2D eigenvalue weighted by molar-refractivity contribution is 0.0697. The molecule has 4 heteroatoms. The maximum Gasteiger partial charge on any atom is 0.335 e. The lowest BCUT2D eigenvalue weighted by Gasteiger charge is -2.04. The van der Waals surface area contributed by atoms with E-state index in [1.807, 2.05) is 54.6 Å². The van der Waals surface area contributed by atoms with E-state index in [-0.39, 0.29) is 5.56 Å². The molecule has 0 fully saturated rings. The SMILES string of the molecule is COc1cccc(Cc2cc3cccc(-c4cccc(C(=O)O)c4)c3o2)c1. The molecular formula is C23H18O4. The van der Waals surface area contributed by atoms with Gasteiger partial charge in [0.1, 0.15) is 17.1 Å². The highest BCUT2D eigenvalue weighted by atomic mass is 16.5. The Morgan fingerprint density at radius 1 is 1.00 bits per heavy atom. The molecule has 0 radical (unpaired) electrons. The number of furan rings is 1. The van der Waals surface area contributed by atoms with Crippen LogP contribution in [0.25, 0.3) is 22.1 Å². The highest BCUT2D eigenvalue weighted by molar-refractivity contribution is 5.95. The lowest BCUT2D eigenvalue weighted by Crippen LogP contribution is -1.95. The first-order chi connectivity index (χ1) is 13.1. The molecule has 0 saturated heterocycles. The van der Waals surface area contributed by atoms with Crippen LogP contribution in [0.1, 0.15) is 21.7 Å². The standard InChI is InChI=1S/C23H18O4/c1-26-19-9-2-5-15(11-19)12-20-14-17-7-4-10-21(22(17)27-20)16-6-3-8-18(13-16)23(24)25/h2-11,13-14H,12H2,1H3,(H,24,25). The van der Waals surface area contributed by atoms with Crippen molar-refractivity contribution in [2.24, 2.45) is 0 Å². The van der Waals surface area contributed by atoms with Crippen LogP contribution in [-0.4, -0.2) is 18.2 Å². The molecule has 0 saturated carbocycles. The zero-order valence-electron chi connectivity index (χ0n) is 14.8. The van der Waals surface area contributed by atoms with Gasteiger partial charge in [0.25, 0.3) is 0 Å². The number of methoxy groups -OCH3 is 1. The van der Waals surface area contributed by atoms with Crippen molar-refractivity contribution in [3.8, 4) is 16.9 Å². The van der Waals surface area contributed by atoms with Gasteiger partial charge in [-0.05, 0) is 41.5 Å². The number of fused-ring (bicyclic) bond motifs is 1. The summed E-state index contributed by atoms with van der Waals surface area (Å²) in [5, 5.41) is 10.2. The number of carboxylic acids is 1. The zero-order chi connectivity index (χ0) is 18.8. The first-order valence-electron chi connectivity index (χ1n) is 8.62. The summed E-state index contributed by atoms with van der Waals surface area (Å²) in [5.74, 6) is 0.720. The molecule has 0 spiro atoms. The molecule has 0 aliphatic carbocycles. The quantitative estimate of drug-likeness (QED) is 0.519. The molecule has 0 aliphatic rings. The summed E-state index contributed by atoms with van der Waals surface area (Å²) in [5.41, 5.74) is 3.82. The summed E-state index contributed by atoms with van der Waals surface area (Å²) < 4.78 is 11.4. The van der Waals surface area contributed by atoms with Crippen molar-refractivity contribution in [3.05, 3.63) is 89.7 Å². The largest absolute Gasteiger partial charge is 0.497 e. The number of benzene rings is 3. The first kappa shape index (κ1) is 16.9. The number of ether oxygens (including phenoxy) is 1. The second-order valence-electron chi connectivity index (χ2n) is 6.35. The van der Waals surface area contributed by atoms with Gasteiger partial charge in [-0.15, -0.1) is 0 Å². The van der Waals surface area contributed by atoms with Crippen LogP contribution < -0.4 is 4.74 Å². The number of para-hydroxylation sites is 1. The summed E-state index contributed by atoms with van der Waals surface area (Å²) in [6, 6.07) is 22.7. The summed E-state index contributed by atoms with van der Waals surface area (Å²) >= 11 is 0. The Labute approximate surface area is 156 Å². The van der Waals surface area contributed by atoms with Crippen LogP contribution in [0, 0.1) is 0 Å². The average molecular weight is 358 g/mol. The minimum Gasteiger partial charge on any atom is -0.497 e. The van der Waals surface area contributed by atoms with Gasteiger partial charge in [0.15, 0.2) is 0 Å². The van der Waals surface area contributed by atoms with Gasteiger partial charge in [0.2, 0.25) is 0 Å². The molecule has 4 nitrogen and oxygen atoms in total. The number of hydrogen-bond acceptors (Lipinski definition) is 3. The predicted octanol–water partition coefficient (Wildman–Crippen LogP) is 5.40. The van der Waals surface area contributed by atoms with Crippen molar-refractivity contribution >= 4 is 16.9 Å². The Morgan fingerprint density at radius 2 is 1.81 bits per heavy atom. The van der Waals surface area contributed by atoms with Crippen molar-refractivity contribution in [1.82, 2.24) is 0 Å². The molecule has 0 unspecified atom stereocenters. The van der Waals surface area contributed by atoms with Gasteiger partial charge in [-0.25, -0.2) is 4.79 Å². The van der Waals surface area contributed by atoms with Gasteiger partial charge in [0.05, 0.1) is 12.7 Å². The summed E-state index contributed by atoms with van der Waals surface area (Å²) in [6.07, 6.45) is 0.653. The number of rotatable bonds is 5. The number of hydrogen-bond donors (Lipinski definition) is 1. The summed E-state index contributed by atoms with van der Waals surface area (Å²) in [4.78, 5) is 11.3. The third kappa shape index (κ3) is 3.42. The molecule has 4 aromatic rings. The van der Waals surface area contributed by atoms with E-state index in [4.69, 9.17) is 9.15 Å². The van der Waals surface area contributed by atoms with E-state index in [0.29, 0.717) is 6.42 Å². The van der Waals surface area contributed by atoms with Crippen LogP contribution in [0.4, 0.5) is 0 Å². The van der Waals surface area contributed by atoms with E-state index < -0.39 is 5.97 Å². The fraction of sp³-hybridized carbons (Fsp3) is 0.0870. The molecule has 0 amide bonds. The fourth-order valence-electron chi connectivity index (χ4n) is 3.23. The molecule has 27 heavy (non-hydrogen) atoms. The lowest BCUT2D eigenvalue weighted by atomic mass is 10.0. The molecule has 0 bridgehead atoms. The van der Waals surface area contributed by atoms with Gasteiger partial charge in [-0.2, -0.15) is 0 Å². The highest BCUT2D eigenvalue weighted by Crippen LogP contribution is 2.32. The van der Waals surface area contributed by atoms with Crippen molar-refractivity contribution < 1.29 is 19.1 Å². The Hall–Kier alpha value is -3.53. The zero-order valence-corrected chi connectivity index (χ0v) is 14.8. The van der Waals surface area contributed by atoms with E-state index in [0.717, 1.165) is 39.2 Å². The van der Waals surface area contributed by atoms with Gasteiger partial charge < -0.3 is 14.3 Å². The first-order valence-corrected chi connectivity index (χ1v) is 8.62. The van der Waals surface area contributed by atoms with Crippen LogP contribution in [-0.2, 0) is 6.42 Å². The van der Waals surface area contributed by atoms with E-state index >= 15 is 0 Å². The topological polar surface area (TPSA) is 59.7 Å². The van der Waals surface area contributed by atoms with Crippen LogP contribution in [0.2, 0.25) is 0 Å². The minimum atomic E-state index is -0.942. The molecule has 134 valence electrons. The maximum absolute atomic E-state index is 11.3. The van der Waals surface area contributed by atoms with Crippen molar-refractivity contribution in [1.29, 1.82) is 0 Å². The summed E-state index contributed by atoms with van der Waals surface area (Å²) in [6.45, 7) is 0. The van der Waals surface area contributed by atoms with Gasteiger partial charge >= 0.3 is 5.97 Å². The molecule has 1 aromatic heterocycles. The third-order valence-corrected chi connectivity index (χ3v) is 4.53. The Bertz CT molecular complexity index is 1120. The van der Waals surface area contributed by atoms with Gasteiger partial charge in [-0.3, -0.25) is 0 Å². The Kier molecular flexibility index (Phi) is 4.38. The van der Waals surface area contributed by atoms with E-state index in [2.05, 4.69) is 0 Å². The van der Waals surface area contributed by atoms with Crippen LogP contribution in [0.15, 0.2) is 77.2 Å². The van der Waals surface area contributed by atoms with E-state index in [1.165, 1.54) is 0 Å². The van der Waals surface area contributed by atoms with Crippen LogP contribution in [0.5, 0.6) is 5.75 Å². The molecule has 3 aromatic carbocycles.